The van der Waals surface area contributed by atoms with Gasteiger partial charge in [-0.1, -0.05) is 0 Å². The molecule has 2 aromatic rings. The fourth-order valence-corrected chi connectivity index (χ4v) is 2.60. The Bertz CT molecular complexity index is 616. The molecule has 1 saturated heterocycles. The van der Waals surface area contributed by atoms with Gasteiger partial charge in [-0.3, -0.25) is 0 Å². The van der Waals surface area contributed by atoms with Crippen molar-refractivity contribution in [3.05, 3.63) is 30.1 Å². The van der Waals surface area contributed by atoms with E-state index in [1.165, 1.54) is 6.42 Å². The Labute approximate surface area is 118 Å². The minimum Gasteiger partial charge on any atom is -0.506 e. The number of nitrogens with zero attached hydrogens (tertiary/aromatic N) is 2. The number of hydrogen-bond acceptors (Lipinski definition) is 4. The lowest BCUT2D eigenvalue weighted by atomic mass is 10.0. The van der Waals surface area contributed by atoms with Gasteiger partial charge in [0.2, 0.25) is 0 Å². The summed E-state index contributed by atoms with van der Waals surface area (Å²) >= 11 is 0. The molecule has 20 heavy (non-hydrogen) atoms. The highest BCUT2D eigenvalue weighted by Gasteiger charge is 2.17. The molecular formula is C15H19N3O2. The molecule has 1 unspecified atom stereocenters. The van der Waals surface area contributed by atoms with Crippen molar-refractivity contribution < 1.29 is 9.84 Å². The molecule has 106 valence electrons. The molecule has 1 fully saturated rings. The number of phenolic OH excluding ortho intramolecular Hbond substituents is 1. The standard InChI is InChI=1S/C15H19N3O2/c1-10-6-13(16)14(19)7-12(10)11-8-17-18(9-11)15-4-2-3-5-20-15/h6-9,15,19H,2-5,16H2,1H3. The summed E-state index contributed by atoms with van der Waals surface area (Å²) in [5.41, 5.74) is 9.02. The SMILES string of the molecule is Cc1cc(N)c(O)cc1-c1cnn(C2CCCCO2)c1. The zero-order chi connectivity index (χ0) is 14.1. The third kappa shape index (κ3) is 2.36. The number of aromatic nitrogens is 2. The monoisotopic (exact) mass is 273 g/mol. The van der Waals surface area contributed by atoms with E-state index in [1.54, 1.807) is 18.3 Å². The summed E-state index contributed by atoms with van der Waals surface area (Å²) in [4.78, 5) is 0. The van der Waals surface area contributed by atoms with Crippen molar-refractivity contribution in [2.24, 2.45) is 0 Å². The van der Waals surface area contributed by atoms with Gasteiger partial charge in [-0.2, -0.15) is 5.10 Å². The van der Waals surface area contributed by atoms with E-state index in [1.807, 2.05) is 17.8 Å². The van der Waals surface area contributed by atoms with Crippen LogP contribution in [0.3, 0.4) is 0 Å². The zero-order valence-corrected chi connectivity index (χ0v) is 11.5. The Hall–Kier alpha value is -2.01. The molecule has 3 N–H and O–H groups in total. The van der Waals surface area contributed by atoms with Crippen LogP contribution >= 0.6 is 0 Å². The molecule has 1 aromatic heterocycles. The molecule has 3 rings (SSSR count). The summed E-state index contributed by atoms with van der Waals surface area (Å²) < 4.78 is 7.58. The third-order valence-corrected chi connectivity index (χ3v) is 3.74. The van der Waals surface area contributed by atoms with Gasteiger partial charge in [0.05, 0.1) is 11.9 Å². The van der Waals surface area contributed by atoms with Crippen molar-refractivity contribution in [1.29, 1.82) is 0 Å². The quantitative estimate of drug-likeness (QED) is 0.652. The summed E-state index contributed by atoms with van der Waals surface area (Å²) in [5.74, 6) is 0.104. The number of phenols is 1. The second-order valence-corrected chi connectivity index (χ2v) is 5.26. The number of aromatic hydroxyl groups is 1. The second kappa shape index (κ2) is 5.17. The van der Waals surface area contributed by atoms with Crippen LogP contribution in [0, 0.1) is 6.92 Å². The number of rotatable bonds is 2. The Morgan fingerprint density at radius 1 is 1.40 bits per heavy atom. The van der Waals surface area contributed by atoms with Gasteiger partial charge in [0.1, 0.15) is 12.0 Å². The van der Waals surface area contributed by atoms with E-state index in [9.17, 15) is 5.11 Å². The van der Waals surface area contributed by atoms with Crippen LogP contribution in [0.25, 0.3) is 11.1 Å². The summed E-state index contributed by atoms with van der Waals surface area (Å²) in [5, 5.41) is 14.2. The minimum absolute atomic E-state index is 0.0279. The molecule has 0 amide bonds. The lowest BCUT2D eigenvalue weighted by Crippen LogP contribution is -2.18. The molecule has 1 aliphatic heterocycles. The van der Waals surface area contributed by atoms with Crippen molar-refractivity contribution in [3.63, 3.8) is 0 Å². The molecule has 2 heterocycles. The van der Waals surface area contributed by atoms with Crippen LogP contribution in [-0.4, -0.2) is 21.5 Å². The Morgan fingerprint density at radius 2 is 2.25 bits per heavy atom. The molecular weight excluding hydrogens is 254 g/mol. The summed E-state index contributed by atoms with van der Waals surface area (Å²) in [6, 6.07) is 3.47. The van der Waals surface area contributed by atoms with E-state index < -0.39 is 0 Å². The van der Waals surface area contributed by atoms with Crippen LogP contribution in [0.15, 0.2) is 24.5 Å². The van der Waals surface area contributed by atoms with E-state index >= 15 is 0 Å². The first-order valence-electron chi connectivity index (χ1n) is 6.90. The van der Waals surface area contributed by atoms with Gasteiger partial charge < -0.3 is 15.6 Å². The molecule has 0 spiro atoms. The second-order valence-electron chi connectivity index (χ2n) is 5.26. The lowest BCUT2D eigenvalue weighted by molar-refractivity contribution is -0.0394. The van der Waals surface area contributed by atoms with Crippen molar-refractivity contribution in [2.75, 3.05) is 12.3 Å². The number of aryl methyl sites for hydroxylation is 1. The van der Waals surface area contributed by atoms with Gasteiger partial charge in [0.15, 0.2) is 0 Å². The van der Waals surface area contributed by atoms with Gasteiger partial charge in [0.25, 0.3) is 0 Å². The maximum absolute atomic E-state index is 9.76. The first kappa shape index (κ1) is 13.0. The van der Waals surface area contributed by atoms with Crippen molar-refractivity contribution in [2.45, 2.75) is 32.4 Å². The smallest absolute Gasteiger partial charge is 0.150 e. The molecule has 1 aromatic carbocycles. The zero-order valence-electron chi connectivity index (χ0n) is 11.5. The predicted octanol–water partition coefficient (Wildman–Crippen LogP) is 2.85. The van der Waals surface area contributed by atoms with E-state index in [0.29, 0.717) is 5.69 Å². The molecule has 0 aliphatic carbocycles. The van der Waals surface area contributed by atoms with Gasteiger partial charge >= 0.3 is 0 Å². The predicted molar refractivity (Wildman–Crippen MR) is 77.3 cm³/mol. The first-order chi connectivity index (χ1) is 9.65. The van der Waals surface area contributed by atoms with E-state index in [4.69, 9.17) is 10.5 Å². The summed E-state index contributed by atoms with van der Waals surface area (Å²) in [7, 11) is 0. The van der Waals surface area contributed by atoms with Crippen LogP contribution in [0.4, 0.5) is 5.69 Å². The van der Waals surface area contributed by atoms with Crippen LogP contribution in [-0.2, 0) is 4.74 Å². The number of hydrogen-bond donors (Lipinski definition) is 2. The van der Waals surface area contributed by atoms with Crippen LogP contribution < -0.4 is 5.73 Å². The number of nitrogens with two attached hydrogens (primary N) is 1. The number of benzene rings is 1. The highest BCUT2D eigenvalue weighted by Crippen LogP contribution is 2.32. The third-order valence-electron chi connectivity index (χ3n) is 3.74. The highest BCUT2D eigenvalue weighted by atomic mass is 16.5. The van der Waals surface area contributed by atoms with Gasteiger partial charge in [-0.15, -0.1) is 0 Å². The maximum Gasteiger partial charge on any atom is 0.150 e. The number of ether oxygens (including phenoxy) is 1. The van der Waals surface area contributed by atoms with Crippen LogP contribution in [0.2, 0.25) is 0 Å². The largest absolute Gasteiger partial charge is 0.506 e. The van der Waals surface area contributed by atoms with E-state index in [0.717, 1.165) is 36.1 Å². The first-order valence-corrected chi connectivity index (χ1v) is 6.90. The summed E-state index contributed by atoms with van der Waals surface area (Å²) in [6.07, 6.45) is 7.08. The summed E-state index contributed by atoms with van der Waals surface area (Å²) in [6.45, 7) is 2.77. The fraction of sp³-hybridized carbons (Fsp3) is 0.400. The topological polar surface area (TPSA) is 73.3 Å². The lowest BCUT2D eigenvalue weighted by Gasteiger charge is -2.22. The molecule has 5 nitrogen and oxygen atoms in total. The van der Waals surface area contributed by atoms with Gasteiger partial charge in [0, 0.05) is 18.4 Å². The fourth-order valence-electron chi connectivity index (χ4n) is 2.60. The Morgan fingerprint density at radius 3 is 3.00 bits per heavy atom. The molecule has 0 bridgehead atoms. The van der Waals surface area contributed by atoms with Crippen molar-refractivity contribution >= 4 is 5.69 Å². The van der Waals surface area contributed by atoms with Gasteiger partial charge in [-0.25, -0.2) is 4.68 Å². The van der Waals surface area contributed by atoms with Crippen LogP contribution in [0.1, 0.15) is 31.1 Å². The Balaban J connectivity index is 1.91. The molecule has 1 atom stereocenters. The molecule has 5 heteroatoms. The number of anilines is 1. The highest BCUT2D eigenvalue weighted by molar-refractivity contribution is 5.72. The van der Waals surface area contributed by atoms with Crippen molar-refractivity contribution in [3.8, 4) is 16.9 Å². The minimum atomic E-state index is 0.0279. The average molecular weight is 273 g/mol. The molecule has 0 saturated carbocycles. The number of nitrogen functional groups attached to an aromatic ring is 1. The molecule has 1 aliphatic rings. The average Bonchev–Trinajstić information content (AvgIpc) is 2.93. The van der Waals surface area contributed by atoms with Crippen molar-refractivity contribution in [1.82, 2.24) is 9.78 Å². The van der Waals surface area contributed by atoms with E-state index in [-0.39, 0.29) is 12.0 Å². The van der Waals surface area contributed by atoms with E-state index in [2.05, 4.69) is 5.10 Å². The van der Waals surface area contributed by atoms with Gasteiger partial charge in [-0.05, 0) is 49.4 Å². The van der Waals surface area contributed by atoms with Crippen LogP contribution in [0.5, 0.6) is 5.75 Å². The Kier molecular flexibility index (Phi) is 3.36. The normalized spacial score (nSPS) is 19.1. The maximum atomic E-state index is 9.76. The molecule has 0 radical (unpaired) electrons.